The number of amides is 2. The average molecular weight is 282 g/mol. The maximum Gasteiger partial charge on any atom is 0.253 e. The molecule has 0 atom stereocenters. The van der Waals surface area contributed by atoms with Crippen LogP contribution >= 0.6 is 11.6 Å². The maximum atomic E-state index is 11.9. The fraction of sp³-hybridized carbons (Fsp3) is 0.385. The predicted molar refractivity (Wildman–Crippen MR) is 74.0 cm³/mol. The molecule has 0 radical (unpaired) electrons. The fourth-order valence-corrected chi connectivity index (χ4v) is 1.81. The van der Waals surface area contributed by atoms with Gasteiger partial charge < -0.3 is 16.4 Å². The first-order valence-electron chi connectivity index (χ1n) is 6.19. The molecule has 6 heteroatoms. The van der Waals surface area contributed by atoms with Crippen molar-refractivity contribution in [3.63, 3.8) is 0 Å². The summed E-state index contributed by atoms with van der Waals surface area (Å²) in [4.78, 5) is 23.3. The summed E-state index contributed by atoms with van der Waals surface area (Å²) in [5.41, 5.74) is 6.39. The Morgan fingerprint density at radius 3 is 2.79 bits per heavy atom. The zero-order valence-electron chi connectivity index (χ0n) is 10.4. The van der Waals surface area contributed by atoms with Gasteiger partial charge in [0.05, 0.1) is 5.56 Å². The number of nitrogen functional groups attached to an aromatic ring is 1. The van der Waals surface area contributed by atoms with Crippen molar-refractivity contribution >= 4 is 29.1 Å². The zero-order valence-corrected chi connectivity index (χ0v) is 11.2. The summed E-state index contributed by atoms with van der Waals surface area (Å²) in [5, 5.41) is 5.95. The number of carbonyl (C=O) groups is 2. The van der Waals surface area contributed by atoms with Gasteiger partial charge in [0, 0.05) is 29.7 Å². The number of halogens is 1. The van der Waals surface area contributed by atoms with Crippen molar-refractivity contribution in [1.82, 2.24) is 10.6 Å². The Morgan fingerprint density at radius 2 is 2.11 bits per heavy atom. The number of rotatable bonds is 5. The molecule has 0 saturated heterocycles. The highest BCUT2D eigenvalue weighted by atomic mass is 35.5. The van der Waals surface area contributed by atoms with Gasteiger partial charge in [-0.05, 0) is 31.0 Å². The molecule has 2 amide bonds. The van der Waals surface area contributed by atoms with Gasteiger partial charge in [-0.25, -0.2) is 0 Å². The SMILES string of the molecule is Nc1ccc(Cl)cc1C(=O)NCCC(=O)NC1CC1. The van der Waals surface area contributed by atoms with E-state index in [0.717, 1.165) is 12.8 Å². The second-order valence-electron chi connectivity index (χ2n) is 4.58. The van der Waals surface area contributed by atoms with E-state index < -0.39 is 0 Å². The third kappa shape index (κ3) is 4.13. The van der Waals surface area contributed by atoms with E-state index in [1.165, 1.54) is 6.07 Å². The Balaban J connectivity index is 1.80. The van der Waals surface area contributed by atoms with E-state index in [-0.39, 0.29) is 24.8 Å². The Hall–Kier alpha value is -1.75. The first-order chi connectivity index (χ1) is 9.06. The normalized spacial score (nSPS) is 13.9. The molecule has 0 spiro atoms. The summed E-state index contributed by atoms with van der Waals surface area (Å²) in [6.07, 6.45) is 2.37. The summed E-state index contributed by atoms with van der Waals surface area (Å²) in [5.74, 6) is -0.360. The van der Waals surface area contributed by atoms with Gasteiger partial charge in [-0.2, -0.15) is 0 Å². The van der Waals surface area contributed by atoms with Crippen molar-refractivity contribution in [2.75, 3.05) is 12.3 Å². The van der Waals surface area contributed by atoms with Crippen LogP contribution in [0.5, 0.6) is 0 Å². The number of hydrogen-bond acceptors (Lipinski definition) is 3. The van der Waals surface area contributed by atoms with Crippen LogP contribution in [0, 0.1) is 0 Å². The minimum absolute atomic E-state index is 0.0399. The third-order valence-electron chi connectivity index (χ3n) is 2.84. The number of hydrogen-bond donors (Lipinski definition) is 3. The van der Waals surface area contributed by atoms with Crippen molar-refractivity contribution in [2.45, 2.75) is 25.3 Å². The van der Waals surface area contributed by atoms with Gasteiger partial charge >= 0.3 is 0 Å². The lowest BCUT2D eigenvalue weighted by molar-refractivity contribution is -0.121. The second-order valence-corrected chi connectivity index (χ2v) is 5.02. The molecule has 0 aliphatic heterocycles. The van der Waals surface area contributed by atoms with E-state index in [4.69, 9.17) is 17.3 Å². The summed E-state index contributed by atoms with van der Waals surface area (Å²) < 4.78 is 0. The highest BCUT2D eigenvalue weighted by molar-refractivity contribution is 6.31. The zero-order chi connectivity index (χ0) is 13.8. The average Bonchev–Trinajstić information content (AvgIpc) is 3.16. The van der Waals surface area contributed by atoms with Gasteiger partial charge in [-0.1, -0.05) is 11.6 Å². The molecule has 19 heavy (non-hydrogen) atoms. The lowest BCUT2D eigenvalue weighted by Crippen LogP contribution is -2.31. The van der Waals surface area contributed by atoms with Crippen LogP contribution in [-0.2, 0) is 4.79 Å². The molecule has 5 nitrogen and oxygen atoms in total. The van der Waals surface area contributed by atoms with Crippen LogP contribution in [0.2, 0.25) is 5.02 Å². The molecular formula is C13H16ClN3O2. The molecule has 0 aromatic heterocycles. The lowest BCUT2D eigenvalue weighted by Gasteiger charge is -2.08. The van der Waals surface area contributed by atoms with E-state index in [9.17, 15) is 9.59 Å². The number of anilines is 1. The standard InChI is InChI=1S/C13H16ClN3O2/c14-8-1-4-11(15)10(7-8)13(19)16-6-5-12(18)17-9-2-3-9/h1,4,7,9H,2-3,5-6,15H2,(H,16,19)(H,17,18). The van der Waals surface area contributed by atoms with Gasteiger partial charge in [-0.15, -0.1) is 0 Å². The topological polar surface area (TPSA) is 84.2 Å². The molecule has 102 valence electrons. The lowest BCUT2D eigenvalue weighted by atomic mass is 10.1. The number of benzene rings is 1. The van der Waals surface area contributed by atoms with Crippen LogP contribution in [-0.4, -0.2) is 24.4 Å². The number of nitrogens with one attached hydrogen (secondary N) is 2. The summed E-state index contributed by atoms with van der Waals surface area (Å²) in [6, 6.07) is 5.05. The molecule has 1 aromatic carbocycles. The van der Waals surface area contributed by atoms with Crippen LogP contribution in [0.15, 0.2) is 18.2 Å². The van der Waals surface area contributed by atoms with E-state index in [1.807, 2.05) is 0 Å². The monoisotopic (exact) mass is 281 g/mol. The quantitative estimate of drug-likeness (QED) is 0.712. The Morgan fingerprint density at radius 1 is 1.37 bits per heavy atom. The summed E-state index contributed by atoms with van der Waals surface area (Å²) in [6.45, 7) is 0.281. The first-order valence-corrected chi connectivity index (χ1v) is 6.56. The van der Waals surface area contributed by atoms with Gasteiger partial charge in [0.1, 0.15) is 0 Å². The minimum Gasteiger partial charge on any atom is -0.398 e. The van der Waals surface area contributed by atoms with Crippen molar-refractivity contribution in [2.24, 2.45) is 0 Å². The highest BCUT2D eigenvalue weighted by Gasteiger charge is 2.22. The van der Waals surface area contributed by atoms with Crippen LogP contribution in [0.4, 0.5) is 5.69 Å². The van der Waals surface area contributed by atoms with Crippen molar-refractivity contribution in [1.29, 1.82) is 0 Å². The van der Waals surface area contributed by atoms with Gasteiger partial charge in [0.15, 0.2) is 0 Å². The fourth-order valence-electron chi connectivity index (χ4n) is 1.64. The van der Waals surface area contributed by atoms with Crippen LogP contribution in [0.1, 0.15) is 29.6 Å². The molecule has 1 aliphatic carbocycles. The predicted octanol–water partition coefficient (Wildman–Crippen LogP) is 1.32. The molecule has 1 fully saturated rings. The molecule has 1 aliphatic rings. The third-order valence-corrected chi connectivity index (χ3v) is 3.08. The van der Waals surface area contributed by atoms with E-state index in [2.05, 4.69) is 10.6 Å². The van der Waals surface area contributed by atoms with Crippen molar-refractivity contribution in [3.05, 3.63) is 28.8 Å². The molecular weight excluding hydrogens is 266 g/mol. The molecule has 2 rings (SSSR count). The molecule has 0 heterocycles. The van der Waals surface area contributed by atoms with Gasteiger partial charge in [0.25, 0.3) is 5.91 Å². The van der Waals surface area contributed by atoms with Crippen molar-refractivity contribution in [3.8, 4) is 0 Å². The minimum atomic E-state index is -0.320. The second kappa shape index (κ2) is 5.93. The first kappa shape index (κ1) is 13.7. The van der Waals surface area contributed by atoms with Crippen LogP contribution in [0.25, 0.3) is 0 Å². The molecule has 4 N–H and O–H groups in total. The van der Waals surface area contributed by atoms with Gasteiger partial charge in [0.2, 0.25) is 5.91 Å². The van der Waals surface area contributed by atoms with E-state index >= 15 is 0 Å². The van der Waals surface area contributed by atoms with Gasteiger partial charge in [-0.3, -0.25) is 9.59 Å². The highest BCUT2D eigenvalue weighted by Crippen LogP contribution is 2.19. The largest absolute Gasteiger partial charge is 0.398 e. The van der Waals surface area contributed by atoms with E-state index in [1.54, 1.807) is 12.1 Å². The van der Waals surface area contributed by atoms with Crippen LogP contribution in [0.3, 0.4) is 0 Å². The molecule has 0 bridgehead atoms. The Kier molecular flexibility index (Phi) is 4.27. The van der Waals surface area contributed by atoms with Crippen LogP contribution < -0.4 is 16.4 Å². The van der Waals surface area contributed by atoms with E-state index in [0.29, 0.717) is 22.3 Å². The number of nitrogens with two attached hydrogens (primary N) is 1. The molecule has 0 unspecified atom stereocenters. The summed E-state index contributed by atoms with van der Waals surface area (Å²) >= 11 is 5.81. The Labute approximate surface area is 116 Å². The molecule has 1 saturated carbocycles. The Bertz CT molecular complexity index is 501. The van der Waals surface area contributed by atoms with Crippen molar-refractivity contribution < 1.29 is 9.59 Å². The molecule has 1 aromatic rings. The number of carbonyl (C=O) groups excluding carboxylic acids is 2. The maximum absolute atomic E-state index is 11.9. The summed E-state index contributed by atoms with van der Waals surface area (Å²) in [7, 11) is 0. The smallest absolute Gasteiger partial charge is 0.253 e.